The molecule has 104 valence electrons. The zero-order valence-electron chi connectivity index (χ0n) is 10.6. The zero-order valence-corrected chi connectivity index (χ0v) is 10.6. The van der Waals surface area contributed by atoms with Gasteiger partial charge in [-0.2, -0.15) is 0 Å². The van der Waals surface area contributed by atoms with Crippen LogP contribution in [0.4, 0.5) is 0 Å². The number of nitrogens with zero attached hydrogens (tertiary/aromatic N) is 1. The molecule has 6 heteroatoms. The van der Waals surface area contributed by atoms with E-state index in [9.17, 15) is 9.59 Å². The van der Waals surface area contributed by atoms with Gasteiger partial charge in [-0.3, -0.25) is 9.59 Å². The number of nitrogens with two attached hydrogens (primary N) is 1. The van der Waals surface area contributed by atoms with Gasteiger partial charge in [-0.25, -0.2) is 0 Å². The summed E-state index contributed by atoms with van der Waals surface area (Å²) in [6.07, 6.45) is 3.10. The van der Waals surface area contributed by atoms with Gasteiger partial charge in [0.05, 0.1) is 25.7 Å². The molecule has 1 saturated heterocycles. The molecule has 0 aliphatic carbocycles. The Balaban J connectivity index is 2.39. The predicted molar refractivity (Wildman–Crippen MR) is 66.1 cm³/mol. The van der Waals surface area contributed by atoms with E-state index in [-0.39, 0.29) is 18.4 Å². The van der Waals surface area contributed by atoms with Gasteiger partial charge in [0.2, 0.25) is 5.91 Å². The molecular formula is C12H22N2O4. The van der Waals surface area contributed by atoms with Crippen LogP contribution in [0.2, 0.25) is 0 Å². The average Bonchev–Trinajstić information content (AvgIpc) is 2.34. The summed E-state index contributed by atoms with van der Waals surface area (Å²) >= 11 is 0. The van der Waals surface area contributed by atoms with E-state index in [4.69, 9.17) is 15.6 Å². The highest BCUT2D eigenvalue weighted by Crippen LogP contribution is 2.13. The summed E-state index contributed by atoms with van der Waals surface area (Å²) in [7, 11) is 0. The first-order valence-corrected chi connectivity index (χ1v) is 6.44. The van der Waals surface area contributed by atoms with Crippen molar-refractivity contribution < 1.29 is 19.4 Å². The van der Waals surface area contributed by atoms with Crippen LogP contribution < -0.4 is 5.73 Å². The maximum Gasteiger partial charge on any atom is 0.305 e. The van der Waals surface area contributed by atoms with Gasteiger partial charge in [-0.05, 0) is 19.4 Å². The van der Waals surface area contributed by atoms with E-state index in [1.807, 2.05) is 0 Å². The summed E-state index contributed by atoms with van der Waals surface area (Å²) in [4.78, 5) is 24.4. The van der Waals surface area contributed by atoms with Gasteiger partial charge in [-0.15, -0.1) is 0 Å². The number of carbonyl (C=O) groups is 2. The fourth-order valence-corrected chi connectivity index (χ4v) is 2.09. The summed E-state index contributed by atoms with van der Waals surface area (Å²) in [6, 6.07) is -0.321. The van der Waals surface area contributed by atoms with Crippen LogP contribution in [0, 0.1) is 0 Å². The van der Waals surface area contributed by atoms with Crippen molar-refractivity contribution >= 4 is 11.9 Å². The Hall–Kier alpha value is -1.14. The third-order valence-electron chi connectivity index (χ3n) is 3.05. The number of carboxylic acid groups (broad SMARTS) is 1. The van der Waals surface area contributed by atoms with Gasteiger partial charge in [0.15, 0.2) is 0 Å². The highest BCUT2D eigenvalue weighted by atomic mass is 16.5. The van der Waals surface area contributed by atoms with E-state index in [1.165, 1.54) is 0 Å². The summed E-state index contributed by atoms with van der Waals surface area (Å²) in [6.45, 7) is 1.95. The van der Waals surface area contributed by atoms with Gasteiger partial charge in [0.25, 0.3) is 0 Å². The summed E-state index contributed by atoms with van der Waals surface area (Å²) < 4.78 is 5.23. The van der Waals surface area contributed by atoms with Gasteiger partial charge in [-0.1, -0.05) is 6.42 Å². The molecule has 1 amide bonds. The fraction of sp³-hybridized carbons (Fsp3) is 0.833. The van der Waals surface area contributed by atoms with Crippen LogP contribution in [0.15, 0.2) is 0 Å². The topological polar surface area (TPSA) is 92.9 Å². The molecule has 0 radical (unpaired) electrons. The first-order valence-electron chi connectivity index (χ1n) is 6.44. The van der Waals surface area contributed by atoms with Crippen molar-refractivity contribution in [2.75, 3.05) is 26.3 Å². The zero-order chi connectivity index (χ0) is 13.4. The molecule has 0 spiro atoms. The monoisotopic (exact) mass is 258 g/mol. The third kappa shape index (κ3) is 5.01. The SMILES string of the molecule is NCCCCCC(=O)N1CCOCC1CC(=O)O. The quantitative estimate of drug-likeness (QED) is 0.637. The van der Waals surface area contributed by atoms with Crippen molar-refractivity contribution in [3.8, 4) is 0 Å². The Kier molecular flexibility index (Phi) is 6.67. The molecular weight excluding hydrogens is 236 g/mol. The minimum atomic E-state index is -0.897. The fourth-order valence-electron chi connectivity index (χ4n) is 2.09. The number of carboxylic acids is 1. The molecule has 1 atom stereocenters. The molecule has 3 N–H and O–H groups in total. The van der Waals surface area contributed by atoms with E-state index < -0.39 is 5.97 Å². The molecule has 0 aromatic carbocycles. The maximum atomic E-state index is 12.0. The largest absolute Gasteiger partial charge is 0.481 e. The molecule has 1 unspecified atom stereocenters. The first kappa shape index (κ1) is 14.9. The van der Waals surface area contributed by atoms with Crippen molar-refractivity contribution in [2.24, 2.45) is 5.73 Å². The van der Waals surface area contributed by atoms with Crippen LogP contribution in [-0.2, 0) is 14.3 Å². The third-order valence-corrected chi connectivity index (χ3v) is 3.05. The molecule has 1 heterocycles. The number of hydrogen-bond donors (Lipinski definition) is 2. The lowest BCUT2D eigenvalue weighted by molar-refractivity contribution is -0.146. The second-order valence-corrected chi connectivity index (χ2v) is 4.51. The molecule has 1 rings (SSSR count). The minimum Gasteiger partial charge on any atom is -0.481 e. The predicted octanol–water partition coefficient (Wildman–Crippen LogP) is 0.208. The molecule has 1 fully saturated rings. The molecule has 1 aliphatic rings. The minimum absolute atomic E-state index is 0.0292. The second-order valence-electron chi connectivity index (χ2n) is 4.51. The number of unbranched alkanes of at least 4 members (excludes halogenated alkanes) is 2. The lowest BCUT2D eigenvalue weighted by atomic mass is 10.1. The van der Waals surface area contributed by atoms with E-state index in [0.717, 1.165) is 19.3 Å². The van der Waals surface area contributed by atoms with E-state index in [0.29, 0.717) is 32.7 Å². The lowest BCUT2D eigenvalue weighted by Gasteiger charge is -2.35. The normalized spacial score (nSPS) is 19.8. The standard InChI is InChI=1S/C12H22N2O4/c13-5-3-1-2-4-11(15)14-6-7-18-9-10(14)8-12(16)17/h10H,1-9,13H2,(H,16,17). The Morgan fingerprint density at radius 3 is 2.78 bits per heavy atom. The molecule has 18 heavy (non-hydrogen) atoms. The van der Waals surface area contributed by atoms with Crippen LogP contribution in [0.25, 0.3) is 0 Å². The number of carbonyl (C=O) groups excluding carboxylic acids is 1. The average molecular weight is 258 g/mol. The Labute approximate surface area is 107 Å². The Bertz CT molecular complexity index is 283. The van der Waals surface area contributed by atoms with E-state index >= 15 is 0 Å². The summed E-state index contributed by atoms with van der Waals surface area (Å²) in [5.74, 6) is -0.868. The number of hydrogen-bond acceptors (Lipinski definition) is 4. The van der Waals surface area contributed by atoms with Crippen LogP contribution in [0.1, 0.15) is 32.1 Å². The van der Waals surface area contributed by atoms with Crippen molar-refractivity contribution in [3.05, 3.63) is 0 Å². The molecule has 6 nitrogen and oxygen atoms in total. The number of morpholine rings is 1. The van der Waals surface area contributed by atoms with Gasteiger partial charge >= 0.3 is 5.97 Å². The van der Waals surface area contributed by atoms with Crippen LogP contribution in [0.3, 0.4) is 0 Å². The van der Waals surface area contributed by atoms with Crippen LogP contribution in [-0.4, -0.2) is 54.2 Å². The highest BCUT2D eigenvalue weighted by Gasteiger charge is 2.28. The molecule has 0 bridgehead atoms. The Morgan fingerprint density at radius 2 is 2.11 bits per heavy atom. The number of amides is 1. The Morgan fingerprint density at radius 1 is 1.33 bits per heavy atom. The van der Waals surface area contributed by atoms with Crippen molar-refractivity contribution in [3.63, 3.8) is 0 Å². The summed E-state index contributed by atoms with van der Waals surface area (Å²) in [5.41, 5.74) is 5.39. The lowest BCUT2D eigenvalue weighted by Crippen LogP contribution is -2.49. The van der Waals surface area contributed by atoms with Crippen molar-refractivity contribution in [2.45, 2.75) is 38.1 Å². The second kappa shape index (κ2) is 8.05. The number of ether oxygens (including phenoxy) is 1. The summed E-state index contributed by atoms with van der Waals surface area (Å²) in [5, 5.41) is 8.80. The smallest absolute Gasteiger partial charge is 0.305 e. The number of rotatable bonds is 7. The van der Waals surface area contributed by atoms with Crippen LogP contribution in [0.5, 0.6) is 0 Å². The highest BCUT2D eigenvalue weighted by molar-refractivity contribution is 5.77. The molecule has 0 saturated carbocycles. The van der Waals surface area contributed by atoms with Gasteiger partial charge < -0.3 is 20.5 Å². The molecule has 0 aromatic rings. The van der Waals surface area contributed by atoms with E-state index in [1.54, 1.807) is 4.90 Å². The van der Waals surface area contributed by atoms with Gasteiger partial charge in [0, 0.05) is 13.0 Å². The van der Waals surface area contributed by atoms with Crippen molar-refractivity contribution in [1.82, 2.24) is 4.90 Å². The molecule has 1 aliphatic heterocycles. The van der Waals surface area contributed by atoms with Gasteiger partial charge in [0.1, 0.15) is 0 Å². The number of aliphatic carboxylic acids is 1. The van der Waals surface area contributed by atoms with E-state index in [2.05, 4.69) is 0 Å². The van der Waals surface area contributed by atoms with Crippen LogP contribution >= 0.6 is 0 Å². The maximum absolute atomic E-state index is 12.0. The molecule has 0 aromatic heterocycles. The van der Waals surface area contributed by atoms with Crippen molar-refractivity contribution in [1.29, 1.82) is 0 Å². The first-order chi connectivity index (χ1) is 8.65.